The molecule has 1 aliphatic heterocycles. The van der Waals surface area contributed by atoms with Gasteiger partial charge in [-0.2, -0.15) is 0 Å². The number of nitrogens with zero attached hydrogens (tertiary/aromatic N) is 1. The Labute approximate surface area is 95.9 Å². The van der Waals surface area contributed by atoms with E-state index < -0.39 is 5.60 Å². The van der Waals surface area contributed by atoms with Crippen molar-refractivity contribution in [2.75, 3.05) is 13.1 Å². The summed E-state index contributed by atoms with van der Waals surface area (Å²) in [7, 11) is 0. The highest BCUT2D eigenvalue weighted by Gasteiger charge is 2.53. The lowest BCUT2D eigenvalue weighted by atomic mass is 10.1. The Kier molecular flexibility index (Phi) is 2.68. The third kappa shape index (κ3) is 2.20. The van der Waals surface area contributed by atoms with Crippen LogP contribution in [0.1, 0.15) is 27.2 Å². The quantitative estimate of drug-likeness (QED) is 0.638. The maximum atomic E-state index is 11.8. The molecule has 2 fully saturated rings. The highest BCUT2D eigenvalue weighted by atomic mass is 16.6. The first-order valence-electron chi connectivity index (χ1n) is 5.85. The van der Waals surface area contributed by atoms with Gasteiger partial charge in [0.2, 0.25) is 0 Å². The zero-order valence-corrected chi connectivity index (χ0v) is 10.1. The van der Waals surface area contributed by atoms with Crippen LogP contribution in [0.25, 0.3) is 0 Å². The van der Waals surface area contributed by atoms with Crippen LogP contribution >= 0.6 is 0 Å². The fourth-order valence-corrected chi connectivity index (χ4v) is 2.48. The minimum atomic E-state index is -0.443. The summed E-state index contributed by atoms with van der Waals surface area (Å²) in [6.07, 6.45) is 1.73. The first-order chi connectivity index (χ1) is 7.42. The number of carbonyl (C=O) groups excluding carboxylic acids is 2. The van der Waals surface area contributed by atoms with Crippen molar-refractivity contribution in [2.24, 2.45) is 17.8 Å². The molecule has 2 rings (SSSR count). The van der Waals surface area contributed by atoms with E-state index in [2.05, 4.69) is 0 Å². The van der Waals surface area contributed by atoms with Gasteiger partial charge in [0.25, 0.3) is 0 Å². The van der Waals surface area contributed by atoms with Crippen LogP contribution < -0.4 is 0 Å². The normalized spacial score (nSPS) is 32.9. The number of rotatable bonds is 1. The molecule has 3 atom stereocenters. The van der Waals surface area contributed by atoms with Gasteiger partial charge >= 0.3 is 6.09 Å². The Balaban J connectivity index is 1.88. The summed E-state index contributed by atoms with van der Waals surface area (Å²) in [4.78, 5) is 24.2. The van der Waals surface area contributed by atoms with Crippen molar-refractivity contribution in [3.05, 3.63) is 0 Å². The Bertz CT molecular complexity index is 308. The highest BCUT2D eigenvalue weighted by Crippen LogP contribution is 2.50. The first-order valence-corrected chi connectivity index (χ1v) is 5.85. The second-order valence-corrected chi connectivity index (χ2v) is 5.76. The minimum absolute atomic E-state index is 0.187. The second kappa shape index (κ2) is 3.75. The molecule has 4 nitrogen and oxygen atoms in total. The molecule has 4 heteroatoms. The number of hydrogen-bond acceptors (Lipinski definition) is 3. The number of aldehydes is 1. The van der Waals surface area contributed by atoms with Crippen LogP contribution in [0, 0.1) is 17.8 Å². The largest absolute Gasteiger partial charge is 0.444 e. The molecule has 0 aromatic rings. The molecule has 0 aromatic carbocycles. The lowest BCUT2D eigenvalue weighted by molar-refractivity contribution is -0.109. The van der Waals surface area contributed by atoms with Crippen molar-refractivity contribution >= 4 is 12.4 Å². The van der Waals surface area contributed by atoms with E-state index in [1.807, 2.05) is 20.8 Å². The molecule has 1 heterocycles. The van der Waals surface area contributed by atoms with Gasteiger partial charge in [0, 0.05) is 19.0 Å². The number of piperidine rings is 1. The van der Waals surface area contributed by atoms with Gasteiger partial charge in [0.05, 0.1) is 0 Å². The molecule has 0 bridgehead atoms. The van der Waals surface area contributed by atoms with Crippen LogP contribution in [0.5, 0.6) is 0 Å². The van der Waals surface area contributed by atoms with E-state index in [0.717, 1.165) is 19.3 Å². The lowest BCUT2D eigenvalue weighted by Gasteiger charge is -2.29. The summed E-state index contributed by atoms with van der Waals surface area (Å²) in [6.45, 7) is 7.00. The van der Waals surface area contributed by atoms with Crippen molar-refractivity contribution in [1.82, 2.24) is 4.90 Å². The van der Waals surface area contributed by atoms with E-state index in [9.17, 15) is 9.59 Å². The average Bonchev–Trinajstić information content (AvgIpc) is 2.86. The molecule has 90 valence electrons. The van der Waals surface area contributed by atoms with E-state index in [-0.39, 0.29) is 12.0 Å². The number of ether oxygens (including phenoxy) is 1. The molecule has 1 saturated carbocycles. The molecule has 2 aliphatic rings. The Hall–Kier alpha value is -1.06. The van der Waals surface area contributed by atoms with E-state index in [4.69, 9.17) is 4.74 Å². The van der Waals surface area contributed by atoms with Gasteiger partial charge < -0.3 is 14.4 Å². The van der Waals surface area contributed by atoms with E-state index in [0.29, 0.717) is 18.4 Å². The number of likely N-dealkylation sites (tertiary alicyclic amines) is 1. The molecule has 0 radical (unpaired) electrons. The van der Waals surface area contributed by atoms with Gasteiger partial charge in [-0.05, 0) is 39.0 Å². The third-order valence-corrected chi connectivity index (χ3v) is 3.37. The molecule has 16 heavy (non-hydrogen) atoms. The van der Waals surface area contributed by atoms with Crippen LogP contribution in [0.3, 0.4) is 0 Å². The van der Waals surface area contributed by atoms with Gasteiger partial charge in [0.1, 0.15) is 11.9 Å². The van der Waals surface area contributed by atoms with Crippen molar-refractivity contribution in [2.45, 2.75) is 32.8 Å². The predicted molar refractivity (Wildman–Crippen MR) is 59.0 cm³/mol. The van der Waals surface area contributed by atoms with Crippen LogP contribution in [0.2, 0.25) is 0 Å². The predicted octanol–water partition coefficient (Wildman–Crippen LogP) is 1.69. The molecule has 1 aliphatic carbocycles. The smallest absolute Gasteiger partial charge is 0.410 e. The zero-order chi connectivity index (χ0) is 11.9. The van der Waals surface area contributed by atoms with Gasteiger partial charge in [0.15, 0.2) is 0 Å². The Morgan fingerprint density at radius 2 is 2.06 bits per heavy atom. The van der Waals surface area contributed by atoms with Gasteiger partial charge in [-0.3, -0.25) is 0 Å². The summed E-state index contributed by atoms with van der Waals surface area (Å²) in [5.41, 5.74) is -0.443. The van der Waals surface area contributed by atoms with E-state index >= 15 is 0 Å². The van der Waals surface area contributed by atoms with Crippen LogP contribution in [-0.4, -0.2) is 36.0 Å². The minimum Gasteiger partial charge on any atom is -0.444 e. The van der Waals surface area contributed by atoms with E-state index in [1.54, 1.807) is 4.90 Å². The number of amides is 1. The molecule has 0 spiro atoms. The monoisotopic (exact) mass is 225 g/mol. The standard InChI is InChI=1S/C12H19NO3/c1-12(2,3)16-11(15)13-5-4-8-9(6-13)10(8)7-14/h7-10H,4-6H2,1-3H3/t8-,9+,10+/m0/s1. The van der Waals surface area contributed by atoms with Crippen LogP contribution in [0.4, 0.5) is 4.79 Å². The van der Waals surface area contributed by atoms with E-state index in [1.165, 1.54) is 0 Å². The third-order valence-electron chi connectivity index (χ3n) is 3.37. The summed E-state index contributed by atoms with van der Waals surface area (Å²) in [5.74, 6) is 1.10. The Morgan fingerprint density at radius 3 is 2.62 bits per heavy atom. The summed E-state index contributed by atoms with van der Waals surface area (Å²) in [6, 6.07) is 0. The summed E-state index contributed by atoms with van der Waals surface area (Å²) >= 11 is 0. The molecule has 0 unspecified atom stereocenters. The SMILES string of the molecule is CC(C)(C)OC(=O)N1CC[C@@H]2[C@@H](C=O)[C@@H]2C1. The second-order valence-electron chi connectivity index (χ2n) is 5.76. The fourth-order valence-electron chi connectivity index (χ4n) is 2.48. The topological polar surface area (TPSA) is 46.6 Å². The van der Waals surface area contributed by atoms with Crippen molar-refractivity contribution < 1.29 is 14.3 Å². The number of hydrogen-bond donors (Lipinski definition) is 0. The van der Waals surface area contributed by atoms with Crippen LogP contribution in [-0.2, 0) is 9.53 Å². The summed E-state index contributed by atoms with van der Waals surface area (Å²) < 4.78 is 5.31. The van der Waals surface area contributed by atoms with Crippen molar-refractivity contribution in [3.8, 4) is 0 Å². The number of carbonyl (C=O) groups is 2. The lowest BCUT2D eigenvalue weighted by Crippen LogP contribution is -2.40. The fraction of sp³-hybridized carbons (Fsp3) is 0.833. The molecule has 0 aromatic heterocycles. The first kappa shape index (κ1) is 11.4. The molecule has 1 amide bonds. The average molecular weight is 225 g/mol. The molecular formula is C12H19NO3. The maximum absolute atomic E-state index is 11.8. The van der Waals surface area contributed by atoms with Gasteiger partial charge in [-0.1, -0.05) is 0 Å². The number of fused-ring (bicyclic) bond motifs is 1. The van der Waals surface area contributed by atoms with Gasteiger partial charge in [-0.15, -0.1) is 0 Å². The maximum Gasteiger partial charge on any atom is 0.410 e. The zero-order valence-electron chi connectivity index (χ0n) is 10.1. The molecule has 0 N–H and O–H groups in total. The summed E-state index contributed by atoms with van der Waals surface area (Å²) in [5, 5.41) is 0. The van der Waals surface area contributed by atoms with Crippen LogP contribution in [0.15, 0.2) is 0 Å². The molecular weight excluding hydrogens is 206 g/mol. The molecule has 1 saturated heterocycles. The van der Waals surface area contributed by atoms with Crippen molar-refractivity contribution in [1.29, 1.82) is 0 Å². The van der Waals surface area contributed by atoms with Gasteiger partial charge in [-0.25, -0.2) is 4.79 Å². The Morgan fingerprint density at radius 1 is 1.38 bits per heavy atom. The highest BCUT2D eigenvalue weighted by molar-refractivity contribution is 5.69. The van der Waals surface area contributed by atoms with Crippen molar-refractivity contribution in [3.63, 3.8) is 0 Å².